The van der Waals surface area contributed by atoms with E-state index >= 15 is 0 Å². The molecule has 0 atom stereocenters. The average Bonchev–Trinajstić information content (AvgIpc) is 2.49. The zero-order chi connectivity index (χ0) is 15.2. The first-order chi connectivity index (χ1) is 10.1. The van der Waals surface area contributed by atoms with Gasteiger partial charge in [0.15, 0.2) is 6.54 Å². The first-order valence-corrected chi connectivity index (χ1v) is 7.63. The molecule has 1 heterocycles. The third-order valence-corrected chi connectivity index (χ3v) is 4.01. The lowest BCUT2D eigenvalue weighted by Crippen LogP contribution is -3.15. The van der Waals surface area contributed by atoms with Crippen LogP contribution in [-0.2, 0) is 9.59 Å². The Labute approximate surface area is 129 Å². The topological polar surface area (TPSA) is 53.9 Å². The van der Waals surface area contributed by atoms with Crippen molar-refractivity contribution in [3.8, 4) is 0 Å². The first kappa shape index (κ1) is 15.8. The number of carbonyl (C=O) groups is 2. The van der Waals surface area contributed by atoms with Crippen LogP contribution in [-0.4, -0.2) is 49.4 Å². The van der Waals surface area contributed by atoms with E-state index in [4.69, 9.17) is 11.6 Å². The molecule has 1 aliphatic rings. The molecule has 0 aliphatic carbocycles. The monoisotopic (exact) mass is 310 g/mol. The summed E-state index contributed by atoms with van der Waals surface area (Å²) in [6.07, 6.45) is 0.544. The number of para-hydroxylation sites is 1. The molecule has 2 N–H and O–H groups in total. The van der Waals surface area contributed by atoms with Crippen molar-refractivity contribution in [1.82, 2.24) is 4.90 Å². The third-order valence-electron chi connectivity index (χ3n) is 3.68. The molecular formula is C15H21ClN3O2+. The lowest BCUT2D eigenvalue weighted by Gasteiger charge is -2.31. The first-order valence-electron chi connectivity index (χ1n) is 7.26. The fourth-order valence-corrected chi connectivity index (χ4v) is 2.64. The summed E-state index contributed by atoms with van der Waals surface area (Å²) in [4.78, 5) is 26.7. The molecule has 6 heteroatoms. The Morgan fingerprint density at radius 1 is 1.29 bits per heavy atom. The summed E-state index contributed by atoms with van der Waals surface area (Å²) in [6.45, 7) is 5.34. The van der Waals surface area contributed by atoms with Gasteiger partial charge in [-0.3, -0.25) is 9.59 Å². The number of halogens is 1. The number of amides is 2. The highest BCUT2D eigenvalue weighted by atomic mass is 35.5. The molecule has 2 rings (SSSR count). The molecule has 1 aromatic carbocycles. The molecule has 1 aliphatic heterocycles. The summed E-state index contributed by atoms with van der Waals surface area (Å²) in [5.74, 6) is 0.142. The molecule has 114 valence electrons. The van der Waals surface area contributed by atoms with Gasteiger partial charge in [0.05, 0.1) is 36.9 Å². The van der Waals surface area contributed by atoms with E-state index in [1.54, 1.807) is 12.1 Å². The van der Waals surface area contributed by atoms with Gasteiger partial charge in [-0.15, -0.1) is 0 Å². The number of anilines is 1. The van der Waals surface area contributed by atoms with Gasteiger partial charge in [-0.1, -0.05) is 30.7 Å². The minimum Gasteiger partial charge on any atom is -0.331 e. The maximum atomic E-state index is 12.0. The molecule has 0 aromatic heterocycles. The number of piperazine rings is 1. The van der Waals surface area contributed by atoms with Gasteiger partial charge in [0.2, 0.25) is 5.91 Å². The number of hydrogen-bond acceptors (Lipinski definition) is 2. The highest BCUT2D eigenvalue weighted by Crippen LogP contribution is 2.19. The Morgan fingerprint density at radius 2 is 1.95 bits per heavy atom. The predicted octanol–water partition coefficient (Wildman–Crippen LogP) is 0.416. The molecule has 1 fully saturated rings. The van der Waals surface area contributed by atoms with Crippen LogP contribution in [0.25, 0.3) is 0 Å². The van der Waals surface area contributed by atoms with Crippen LogP contribution < -0.4 is 10.2 Å². The number of nitrogens with one attached hydrogen (secondary N) is 2. The van der Waals surface area contributed by atoms with E-state index < -0.39 is 0 Å². The summed E-state index contributed by atoms with van der Waals surface area (Å²) in [6, 6.07) is 7.20. The second kappa shape index (κ2) is 7.43. The van der Waals surface area contributed by atoms with Crippen LogP contribution in [0.4, 0.5) is 5.69 Å². The van der Waals surface area contributed by atoms with Gasteiger partial charge in [-0.05, 0) is 12.1 Å². The molecule has 1 saturated heterocycles. The van der Waals surface area contributed by atoms with Crippen molar-refractivity contribution in [1.29, 1.82) is 0 Å². The van der Waals surface area contributed by atoms with Crippen molar-refractivity contribution >= 4 is 29.1 Å². The van der Waals surface area contributed by atoms with Crippen LogP contribution >= 0.6 is 11.6 Å². The molecule has 2 amide bonds. The molecular weight excluding hydrogens is 290 g/mol. The molecule has 0 saturated carbocycles. The Morgan fingerprint density at radius 3 is 2.57 bits per heavy atom. The van der Waals surface area contributed by atoms with Gasteiger partial charge < -0.3 is 15.1 Å². The van der Waals surface area contributed by atoms with Gasteiger partial charge in [0, 0.05) is 6.42 Å². The summed E-state index contributed by atoms with van der Waals surface area (Å²) in [5.41, 5.74) is 0.642. The van der Waals surface area contributed by atoms with Crippen LogP contribution in [0.5, 0.6) is 0 Å². The van der Waals surface area contributed by atoms with E-state index in [-0.39, 0.29) is 11.8 Å². The van der Waals surface area contributed by atoms with Crippen LogP contribution in [0.3, 0.4) is 0 Å². The summed E-state index contributed by atoms with van der Waals surface area (Å²) >= 11 is 6.02. The third kappa shape index (κ3) is 4.44. The number of carbonyl (C=O) groups excluding carboxylic acids is 2. The molecule has 21 heavy (non-hydrogen) atoms. The summed E-state index contributed by atoms with van der Waals surface area (Å²) < 4.78 is 0. The number of rotatable bonds is 4. The molecule has 0 radical (unpaired) electrons. The molecule has 0 bridgehead atoms. The average molecular weight is 311 g/mol. The SMILES string of the molecule is CCC(=O)N1CC[NH+](CC(=O)Nc2ccccc2Cl)CC1. The van der Waals surface area contributed by atoms with Gasteiger partial charge in [0.1, 0.15) is 0 Å². The van der Waals surface area contributed by atoms with Crippen molar-refractivity contribution < 1.29 is 14.5 Å². The van der Waals surface area contributed by atoms with Gasteiger partial charge in [-0.2, -0.15) is 0 Å². The summed E-state index contributed by atoms with van der Waals surface area (Å²) in [5, 5.41) is 3.37. The second-order valence-corrected chi connectivity index (χ2v) is 5.60. The number of quaternary nitrogens is 1. The standard InChI is InChI=1S/C15H20ClN3O2/c1-2-15(21)19-9-7-18(8-10-19)11-14(20)17-13-6-4-3-5-12(13)16/h3-6H,2,7-11H2,1H3,(H,17,20)/p+1. The lowest BCUT2D eigenvalue weighted by molar-refractivity contribution is -0.895. The lowest BCUT2D eigenvalue weighted by atomic mass is 10.2. The fourth-order valence-electron chi connectivity index (χ4n) is 2.46. The van der Waals surface area contributed by atoms with E-state index in [9.17, 15) is 9.59 Å². The number of nitrogens with zero attached hydrogens (tertiary/aromatic N) is 1. The largest absolute Gasteiger partial charge is 0.331 e. The van der Waals surface area contributed by atoms with Crippen molar-refractivity contribution in [2.75, 3.05) is 38.0 Å². The van der Waals surface area contributed by atoms with Crippen molar-refractivity contribution in [3.05, 3.63) is 29.3 Å². The smallest absolute Gasteiger partial charge is 0.279 e. The predicted molar refractivity (Wildman–Crippen MR) is 82.5 cm³/mol. The zero-order valence-corrected chi connectivity index (χ0v) is 12.9. The van der Waals surface area contributed by atoms with E-state index in [1.165, 1.54) is 4.90 Å². The molecule has 1 aromatic rings. The van der Waals surface area contributed by atoms with Crippen molar-refractivity contribution in [3.63, 3.8) is 0 Å². The maximum absolute atomic E-state index is 12.0. The van der Waals surface area contributed by atoms with Gasteiger partial charge in [-0.25, -0.2) is 0 Å². The number of benzene rings is 1. The highest BCUT2D eigenvalue weighted by molar-refractivity contribution is 6.33. The Hall–Kier alpha value is -1.59. The van der Waals surface area contributed by atoms with Crippen LogP contribution in [0.2, 0.25) is 5.02 Å². The fraction of sp³-hybridized carbons (Fsp3) is 0.467. The molecule has 0 unspecified atom stereocenters. The van der Waals surface area contributed by atoms with E-state index in [0.717, 1.165) is 26.2 Å². The van der Waals surface area contributed by atoms with Crippen molar-refractivity contribution in [2.45, 2.75) is 13.3 Å². The highest BCUT2D eigenvalue weighted by Gasteiger charge is 2.24. The van der Waals surface area contributed by atoms with Gasteiger partial charge >= 0.3 is 0 Å². The van der Waals surface area contributed by atoms with Crippen LogP contribution in [0.15, 0.2) is 24.3 Å². The summed E-state index contributed by atoms with van der Waals surface area (Å²) in [7, 11) is 0. The Bertz CT molecular complexity index is 513. The number of hydrogen-bond donors (Lipinski definition) is 2. The second-order valence-electron chi connectivity index (χ2n) is 5.19. The van der Waals surface area contributed by atoms with E-state index in [1.807, 2.05) is 24.0 Å². The Kier molecular flexibility index (Phi) is 5.59. The minimum atomic E-state index is -0.0478. The van der Waals surface area contributed by atoms with Crippen LogP contribution in [0, 0.1) is 0 Å². The maximum Gasteiger partial charge on any atom is 0.279 e. The van der Waals surface area contributed by atoms with Crippen molar-refractivity contribution in [2.24, 2.45) is 0 Å². The molecule has 5 nitrogen and oxygen atoms in total. The van der Waals surface area contributed by atoms with E-state index in [2.05, 4.69) is 5.32 Å². The van der Waals surface area contributed by atoms with Crippen LogP contribution in [0.1, 0.15) is 13.3 Å². The minimum absolute atomic E-state index is 0.0478. The molecule has 0 spiro atoms. The zero-order valence-electron chi connectivity index (χ0n) is 12.2. The van der Waals surface area contributed by atoms with Gasteiger partial charge in [0.25, 0.3) is 5.91 Å². The van der Waals surface area contributed by atoms with E-state index in [0.29, 0.717) is 23.7 Å². The Balaban J connectivity index is 1.80. The normalized spacial score (nSPS) is 15.8. The quantitative estimate of drug-likeness (QED) is 0.847.